The molecule has 0 aromatic rings. The van der Waals surface area contributed by atoms with Gasteiger partial charge in [0.1, 0.15) is 0 Å². The second kappa shape index (κ2) is 6.21. The predicted octanol–water partition coefficient (Wildman–Crippen LogP) is 0.633. The Morgan fingerprint density at radius 1 is 1.38 bits per heavy atom. The molecule has 1 amide bonds. The van der Waals surface area contributed by atoms with E-state index in [0.29, 0.717) is 12.6 Å². The fourth-order valence-electron chi connectivity index (χ4n) is 1.92. The zero-order valence-electron chi connectivity index (χ0n) is 10.7. The Hall–Kier alpha value is -0.610. The van der Waals surface area contributed by atoms with E-state index in [1.54, 1.807) is 0 Å². The van der Waals surface area contributed by atoms with E-state index in [2.05, 4.69) is 16.0 Å². The number of nitrogens with one attached hydrogen (secondary N) is 3. The van der Waals surface area contributed by atoms with Gasteiger partial charge in [-0.3, -0.25) is 4.79 Å². The number of amides is 1. The van der Waals surface area contributed by atoms with E-state index in [9.17, 15) is 4.79 Å². The van der Waals surface area contributed by atoms with Gasteiger partial charge < -0.3 is 16.0 Å². The summed E-state index contributed by atoms with van der Waals surface area (Å²) in [6.45, 7) is 8.39. The molecular weight excluding hydrogens is 202 g/mol. The third-order valence-electron chi connectivity index (χ3n) is 2.60. The van der Waals surface area contributed by atoms with E-state index < -0.39 is 0 Å². The van der Waals surface area contributed by atoms with Crippen molar-refractivity contribution < 1.29 is 4.79 Å². The molecule has 1 aliphatic rings. The molecular formula is C12H25N3O. The highest BCUT2D eigenvalue weighted by Gasteiger charge is 2.15. The largest absolute Gasteiger partial charge is 0.350 e. The van der Waals surface area contributed by atoms with Crippen LogP contribution in [-0.4, -0.2) is 37.1 Å². The Balaban J connectivity index is 2.08. The quantitative estimate of drug-likeness (QED) is 0.660. The van der Waals surface area contributed by atoms with Crippen molar-refractivity contribution in [2.24, 2.45) is 0 Å². The fourth-order valence-corrected chi connectivity index (χ4v) is 1.92. The average Bonchev–Trinajstić information content (AvgIpc) is 2.16. The lowest BCUT2D eigenvalue weighted by atomic mass is 10.1. The maximum absolute atomic E-state index is 11.5. The molecule has 0 aliphatic carbocycles. The van der Waals surface area contributed by atoms with Gasteiger partial charge in [-0.15, -0.1) is 0 Å². The van der Waals surface area contributed by atoms with Crippen molar-refractivity contribution in [2.75, 3.05) is 19.6 Å². The molecule has 1 atom stereocenters. The Morgan fingerprint density at radius 3 is 2.69 bits per heavy atom. The number of hydrogen-bond acceptors (Lipinski definition) is 3. The summed E-state index contributed by atoms with van der Waals surface area (Å²) in [5.74, 6) is 0.0725. The average molecular weight is 227 g/mol. The summed E-state index contributed by atoms with van der Waals surface area (Å²) in [5.41, 5.74) is -0.137. The second-order valence-electron chi connectivity index (χ2n) is 5.58. The Bertz CT molecular complexity index is 217. The summed E-state index contributed by atoms with van der Waals surface area (Å²) in [4.78, 5) is 11.5. The predicted molar refractivity (Wildman–Crippen MR) is 66.4 cm³/mol. The van der Waals surface area contributed by atoms with Crippen LogP contribution in [-0.2, 0) is 4.79 Å². The molecule has 1 unspecified atom stereocenters. The topological polar surface area (TPSA) is 53.2 Å². The Morgan fingerprint density at radius 2 is 2.12 bits per heavy atom. The zero-order valence-corrected chi connectivity index (χ0v) is 10.7. The highest BCUT2D eigenvalue weighted by Crippen LogP contribution is 2.05. The third kappa shape index (κ3) is 6.08. The van der Waals surface area contributed by atoms with Crippen LogP contribution in [0.25, 0.3) is 0 Å². The van der Waals surface area contributed by atoms with Crippen LogP contribution in [0.2, 0.25) is 0 Å². The molecule has 0 bridgehead atoms. The summed E-state index contributed by atoms with van der Waals surface area (Å²) < 4.78 is 0. The maximum atomic E-state index is 11.5. The fraction of sp³-hybridized carbons (Fsp3) is 0.917. The van der Waals surface area contributed by atoms with E-state index in [4.69, 9.17) is 0 Å². The van der Waals surface area contributed by atoms with Gasteiger partial charge in [-0.1, -0.05) is 6.42 Å². The number of carbonyl (C=O) groups is 1. The normalized spacial score (nSPS) is 21.8. The van der Waals surface area contributed by atoms with Gasteiger partial charge >= 0.3 is 0 Å². The van der Waals surface area contributed by atoms with E-state index in [-0.39, 0.29) is 11.4 Å². The Labute approximate surface area is 98.6 Å². The molecule has 0 saturated carbocycles. The zero-order chi connectivity index (χ0) is 12.0. The van der Waals surface area contributed by atoms with Crippen LogP contribution in [0.4, 0.5) is 0 Å². The first-order valence-corrected chi connectivity index (χ1v) is 6.22. The molecule has 94 valence electrons. The molecule has 4 heteroatoms. The number of rotatable bonds is 4. The first-order chi connectivity index (χ1) is 7.47. The van der Waals surface area contributed by atoms with Crippen molar-refractivity contribution in [3.05, 3.63) is 0 Å². The van der Waals surface area contributed by atoms with E-state index in [1.165, 1.54) is 19.3 Å². The van der Waals surface area contributed by atoms with Crippen LogP contribution in [0.15, 0.2) is 0 Å². The third-order valence-corrected chi connectivity index (χ3v) is 2.60. The molecule has 1 heterocycles. The van der Waals surface area contributed by atoms with Gasteiger partial charge in [0.25, 0.3) is 0 Å². The van der Waals surface area contributed by atoms with Gasteiger partial charge in [-0.2, -0.15) is 0 Å². The van der Waals surface area contributed by atoms with Gasteiger partial charge in [-0.25, -0.2) is 0 Å². The summed E-state index contributed by atoms with van der Waals surface area (Å²) in [6.07, 6.45) is 3.79. The minimum atomic E-state index is -0.137. The summed E-state index contributed by atoms with van der Waals surface area (Å²) >= 11 is 0. The van der Waals surface area contributed by atoms with Gasteiger partial charge in [0.15, 0.2) is 0 Å². The van der Waals surface area contributed by atoms with Gasteiger partial charge in [-0.05, 0) is 40.2 Å². The molecule has 1 aliphatic heterocycles. The summed E-state index contributed by atoms with van der Waals surface area (Å²) in [6, 6.07) is 0.538. The van der Waals surface area contributed by atoms with Crippen LogP contribution in [0, 0.1) is 0 Å². The lowest BCUT2D eigenvalue weighted by Crippen LogP contribution is -2.48. The van der Waals surface area contributed by atoms with Crippen molar-refractivity contribution in [3.63, 3.8) is 0 Å². The van der Waals surface area contributed by atoms with Crippen molar-refractivity contribution >= 4 is 5.91 Å². The van der Waals surface area contributed by atoms with Crippen LogP contribution in [0.5, 0.6) is 0 Å². The SMILES string of the molecule is CC(C)(C)NC(=O)CNCC1CCCCN1. The molecule has 3 N–H and O–H groups in total. The van der Waals surface area contributed by atoms with Gasteiger partial charge in [0.2, 0.25) is 5.91 Å². The summed E-state index contributed by atoms with van der Waals surface area (Å²) in [7, 11) is 0. The van der Waals surface area contributed by atoms with Crippen molar-refractivity contribution in [1.82, 2.24) is 16.0 Å². The van der Waals surface area contributed by atoms with Crippen LogP contribution in [0.1, 0.15) is 40.0 Å². The lowest BCUT2D eigenvalue weighted by Gasteiger charge is -2.24. The first-order valence-electron chi connectivity index (χ1n) is 6.22. The van der Waals surface area contributed by atoms with Crippen LogP contribution >= 0.6 is 0 Å². The monoisotopic (exact) mass is 227 g/mol. The number of piperidine rings is 1. The van der Waals surface area contributed by atoms with Crippen molar-refractivity contribution in [1.29, 1.82) is 0 Å². The lowest BCUT2D eigenvalue weighted by molar-refractivity contribution is -0.121. The van der Waals surface area contributed by atoms with Crippen LogP contribution in [0.3, 0.4) is 0 Å². The van der Waals surface area contributed by atoms with Gasteiger partial charge in [0, 0.05) is 18.1 Å². The summed E-state index contributed by atoms with van der Waals surface area (Å²) in [5, 5.41) is 9.58. The van der Waals surface area contributed by atoms with E-state index in [1.807, 2.05) is 20.8 Å². The minimum absolute atomic E-state index is 0.0725. The Kier molecular flexibility index (Phi) is 5.22. The second-order valence-corrected chi connectivity index (χ2v) is 5.58. The smallest absolute Gasteiger partial charge is 0.234 e. The van der Waals surface area contributed by atoms with E-state index >= 15 is 0 Å². The van der Waals surface area contributed by atoms with Crippen LogP contribution < -0.4 is 16.0 Å². The molecule has 4 nitrogen and oxygen atoms in total. The molecule has 0 spiro atoms. The molecule has 1 saturated heterocycles. The molecule has 0 aromatic carbocycles. The number of carbonyl (C=O) groups excluding carboxylic acids is 1. The molecule has 0 aromatic heterocycles. The molecule has 1 rings (SSSR count). The highest BCUT2D eigenvalue weighted by molar-refractivity contribution is 5.78. The minimum Gasteiger partial charge on any atom is -0.350 e. The first kappa shape index (κ1) is 13.5. The van der Waals surface area contributed by atoms with Gasteiger partial charge in [0.05, 0.1) is 6.54 Å². The van der Waals surface area contributed by atoms with E-state index in [0.717, 1.165) is 13.1 Å². The molecule has 0 radical (unpaired) electrons. The van der Waals surface area contributed by atoms with Crippen molar-refractivity contribution in [3.8, 4) is 0 Å². The maximum Gasteiger partial charge on any atom is 0.234 e. The standard InChI is InChI=1S/C12H25N3O/c1-12(2,3)15-11(16)9-13-8-10-6-4-5-7-14-10/h10,13-14H,4-9H2,1-3H3,(H,15,16). The number of hydrogen-bond donors (Lipinski definition) is 3. The molecule has 16 heavy (non-hydrogen) atoms. The highest BCUT2D eigenvalue weighted by atomic mass is 16.2. The molecule has 1 fully saturated rings. The van der Waals surface area contributed by atoms with Crippen molar-refractivity contribution in [2.45, 2.75) is 51.6 Å².